The number of benzene rings is 1. The fourth-order valence-corrected chi connectivity index (χ4v) is 3.57. The van der Waals surface area contributed by atoms with E-state index in [-0.39, 0.29) is 11.7 Å². The van der Waals surface area contributed by atoms with Gasteiger partial charge in [0, 0.05) is 10.8 Å². The highest BCUT2D eigenvalue weighted by atomic mass is 32.1. The second-order valence-electron chi connectivity index (χ2n) is 4.93. The lowest BCUT2D eigenvalue weighted by Gasteiger charge is -2.12. The number of nitrogen functional groups attached to an aromatic ring is 1. The highest BCUT2D eigenvalue weighted by molar-refractivity contribution is 7.15. The van der Waals surface area contributed by atoms with E-state index in [4.69, 9.17) is 10.5 Å². The summed E-state index contributed by atoms with van der Waals surface area (Å²) in [7, 11) is 0. The third kappa shape index (κ3) is 3.12. The van der Waals surface area contributed by atoms with Crippen LogP contribution in [-0.2, 0) is 6.42 Å². The van der Waals surface area contributed by atoms with Crippen molar-refractivity contribution in [1.29, 1.82) is 0 Å². The van der Waals surface area contributed by atoms with Gasteiger partial charge in [-0.15, -0.1) is 11.3 Å². The normalized spacial score (nSPS) is 17.8. The molecule has 0 spiro atoms. The number of rotatable bonds is 3. The lowest BCUT2D eigenvalue weighted by molar-refractivity contribution is -0.153. The third-order valence-corrected chi connectivity index (χ3v) is 4.46. The summed E-state index contributed by atoms with van der Waals surface area (Å²) in [5.74, 6) is 0.449. The molecule has 1 aliphatic carbocycles. The van der Waals surface area contributed by atoms with Gasteiger partial charge in [0.2, 0.25) is 0 Å². The van der Waals surface area contributed by atoms with Crippen molar-refractivity contribution in [2.24, 2.45) is 0 Å². The maximum absolute atomic E-state index is 12.1. The summed E-state index contributed by atoms with van der Waals surface area (Å²) in [6.45, 7) is -1.27. The Labute approximate surface area is 123 Å². The van der Waals surface area contributed by atoms with Crippen LogP contribution in [0.4, 0.5) is 18.3 Å². The van der Waals surface area contributed by atoms with Gasteiger partial charge in [0.1, 0.15) is 5.75 Å². The minimum Gasteiger partial charge on any atom is -0.484 e. The van der Waals surface area contributed by atoms with Gasteiger partial charge >= 0.3 is 6.18 Å². The summed E-state index contributed by atoms with van der Waals surface area (Å²) in [5, 5.41) is 0.565. The highest BCUT2D eigenvalue weighted by Gasteiger charge is 2.29. The van der Waals surface area contributed by atoms with Crippen LogP contribution in [0.15, 0.2) is 24.3 Å². The fraction of sp³-hybridized carbons (Fsp3) is 0.357. The van der Waals surface area contributed by atoms with Crippen LogP contribution in [0.5, 0.6) is 5.75 Å². The number of alkyl halides is 3. The SMILES string of the molecule is Nc1nc2c(s1)C(c1ccc(OCC(F)(F)F)cc1)CC2. The molecule has 2 N–H and O–H groups in total. The number of hydrogen-bond donors (Lipinski definition) is 1. The van der Waals surface area contributed by atoms with E-state index in [9.17, 15) is 13.2 Å². The van der Waals surface area contributed by atoms with Crippen LogP contribution in [0, 0.1) is 0 Å². The standard InChI is InChI=1S/C14H13F3N2OS/c15-14(16,17)7-20-9-3-1-8(2-4-9)10-5-6-11-12(10)21-13(18)19-11/h1-4,10H,5-7H2,(H2,18,19). The van der Waals surface area contributed by atoms with E-state index >= 15 is 0 Å². The summed E-state index contributed by atoms with van der Waals surface area (Å²) >= 11 is 1.48. The van der Waals surface area contributed by atoms with Gasteiger partial charge in [-0.05, 0) is 30.5 Å². The molecule has 1 heterocycles. The monoisotopic (exact) mass is 314 g/mol. The molecule has 0 radical (unpaired) electrons. The lowest BCUT2D eigenvalue weighted by atomic mass is 9.98. The number of nitrogens with zero attached hydrogens (tertiary/aromatic N) is 1. The average molecular weight is 314 g/mol. The molecular weight excluding hydrogens is 301 g/mol. The van der Waals surface area contributed by atoms with Gasteiger partial charge in [-0.3, -0.25) is 0 Å². The van der Waals surface area contributed by atoms with E-state index < -0.39 is 12.8 Å². The maximum atomic E-state index is 12.1. The first-order valence-corrected chi connectivity index (χ1v) is 7.28. The minimum absolute atomic E-state index is 0.220. The van der Waals surface area contributed by atoms with Crippen molar-refractivity contribution in [2.45, 2.75) is 24.9 Å². The van der Waals surface area contributed by atoms with Crippen molar-refractivity contribution < 1.29 is 17.9 Å². The summed E-state index contributed by atoms with van der Waals surface area (Å²) in [4.78, 5) is 5.45. The molecule has 1 atom stereocenters. The van der Waals surface area contributed by atoms with Crippen molar-refractivity contribution in [1.82, 2.24) is 4.98 Å². The van der Waals surface area contributed by atoms with Gasteiger partial charge in [0.25, 0.3) is 0 Å². The van der Waals surface area contributed by atoms with Crippen molar-refractivity contribution >= 4 is 16.5 Å². The predicted octanol–water partition coefficient (Wildman–Crippen LogP) is 3.74. The van der Waals surface area contributed by atoms with Crippen LogP contribution in [0.2, 0.25) is 0 Å². The molecule has 3 rings (SSSR count). The number of thiazole rings is 1. The van der Waals surface area contributed by atoms with Crippen LogP contribution < -0.4 is 10.5 Å². The molecule has 7 heteroatoms. The van der Waals surface area contributed by atoms with Gasteiger partial charge in [-0.1, -0.05) is 12.1 Å². The number of fused-ring (bicyclic) bond motifs is 1. The molecule has 0 saturated heterocycles. The molecule has 112 valence electrons. The summed E-state index contributed by atoms with van der Waals surface area (Å²) in [5.41, 5.74) is 7.81. The summed E-state index contributed by atoms with van der Waals surface area (Å²) in [6, 6.07) is 6.76. The Bertz CT molecular complexity index is 637. The molecule has 1 unspecified atom stereocenters. The molecule has 1 aromatic carbocycles. The van der Waals surface area contributed by atoms with Crippen LogP contribution in [0.25, 0.3) is 0 Å². The van der Waals surface area contributed by atoms with E-state index in [0.717, 1.165) is 29.0 Å². The van der Waals surface area contributed by atoms with E-state index in [0.29, 0.717) is 5.13 Å². The Balaban J connectivity index is 1.73. The Hall–Kier alpha value is -1.76. The zero-order valence-corrected chi connectivity index (χ0v) is 11.8. The second kappa shape index (κ2) is 5.22. The highest BCUT2D eigenvalue weighted by Crippen LogP contribution is 2.42. The van der Waals surface area contributed by atoms with Gasteiger partial charge in [-0.25, -0.2) is 4.98 Å². The molecule has 0 saturated carbocycles. The number of aryl methyl sites for hydroxylation is 1. The largest absolute Gasteiger partial charge is 0.484 e. The Kier molecular flexibility index (Phi) is 3.52. The number of halogens is 3. The number of ether oxygens (including phenoxy) is 1. The molecule has 1 aliphatic rings. The van der Waals surface area contributed by atoms with Crippen molar-refractivity contribution in [3.8, 4) is 5.75 Å². The van der Waals surface area contributed by atoms with E-state index in [1.165, 1.54) is 11.3 Å². The van der Waals surface area contributed by atoms with Gasteiger partial charge in [0.15, 0.2) is 11.7 Å². The molecular formula is C14H13F3N2OS. The maximum Gasteiger partial charge on any atom is 0.422 e. The van der Waals surface area contributed by atoms with Gasteiger partial charge in [0.05, 0.1) is 5.69 Å². The van der Waals surface area contributed by atoms with Crippen molar-refractivity contribution in [3.63, 3.8) is 0 Å². The molecule has 0 fully saturated rings. The van der Waals surface area contributed by atoms with Crippen LogP contribution >= 0.6 is 11.3 Å². The van der Waals surface area contributed by atoms with E-state index in [1.807, 2.05) is 0 Å². The molecule has 2 aromatic rings. The summed E-state index contributed by atoms with van der Waals surface area (Å²) < 4.78 is 41.0. The topological polar surface area (TPSA) is 48.1 Å². The molecule has 0 aliphatic heterocycles. The molecule has 1 aromatic heterocycles. The number of anilines is 1. The zero-order valence-electron chi connectivity index (χ0n) is 11.0. The number of nitrogens with two attached hydrogens (primary N) is 1. The number of aromatic nitrogens is 1. The summed E-state index contributed by atoms with van der Waals surface area (Å²) in [6.07, 6.45) is -2.48. The third-order valence-electron chi connectivity index (χ3n) is 3.42. The van der Waals surface area contributed by atoms with Crippen LogP contribution in [0.1, 0.15) is 28.5 Å². The first-order valence-electron chi connectivity index (χ1n) is 6.47. The number of hydrogen-bond acceptors (Lipinski definition) is 4. The van der Waals surface area contributed by atoms with Crippen molar-refractivity contribution in [2.75, 3.05) is 12.3 Å². The lowest BCUT2D eigenvalue weighted by Crippen LogP contribution is -2.19. The Morgan fingerprint density at radius 1 is 1.29 bits per heavy atom. The van der Waals surface area contributed by atoms with E-state index in [2.05, 4.69) is 4.98 Å². The second-order valence-corrected chi connectivity index (χ2v) is 5.99. The fourth-order valence-electron chi connectivity index (χ4n) is 2.53. The van der Waals surface area contributed by atoms with Crippen LogP contribution in [-0.4, -0.2) is 17.8 Å². The van der Waals surface area contributed by atoms with Gasteiger partial charge < -0.3 is 10.5 Å². The predicted molar refractivity (Wildman–Crippen MR) is 74.7 cm³/mol. The van der Waals surface area contributed by atoms with Gasteiger partial charge in [-0.2, -0.15) is 13.2 Å². The molecule has 0 amide bonds. The zero-order chi connectivity index (χ0) is 15.0. The van der Waals surface area contributed by atoms with Crippen molar-refractivity contribution in [3.05, 3.63) is 40.4 Å². The first-order chi connectivity index (χ1) is 9.92. The Morgan fingerprint density at radius 3 is 2.67 bits per heavy atom. The van der Waals surface area contributed by atoms with E-state index in [1.54, 1.807) is 24.3 Å². The van der Waals surface area contributed by atoms with Crippen LogP contribution in [0.3, 0.4) is 0 Å². The first kappa shape index (κ1) is 14.2. The molecule has 21 heavy (non-hydrogen) atoms. The average Bonchev–Trinajstić information content (AvgIpc) is 2.95. The molecule has 0 bridgehead atoms. The molecule has 3 nitrogen and oxygen atoms in total. The minimum atomic E-state index is -4.32. The Morgan fingerprint density at radius 2 is 2.00 bits per heavy atom. The smallest absolute Gasteiger partial charge is 0.422 e. The quantitative estimate of drug-likeness (QED) is 0.939.